The Kier molecular flexibility index (Phi) is 5.19. The highest BCUT2D eigenvalue weighted by Gasteiger charge is 2.37. The van der Waals surface area contributed by atoms with Gasteiger partial charge in [0.1, 0.15) is 5.82 Å². The van der Waals surface area contributed by atoms with Crippen molar-refractivity contribution in [1.82, 2.24) is 4.90 Å². The number of carbonyl (C=O) groups excluding carboxylic acids is 1. The lowest BCUT2D eigenvalue weighted by molar-refractivity contribution is 0.0271. The Hall–Kier alpha value is -2.20. The summed E-state index contributed by atoms with van der Waals surface area (Å²) in [6, 6.07) is 13.8. The third kappa shape index (κ3) is 3.90. The lowest BCUT2D eigenvalue weighted by atomic mass is 9.75. The summed E-state index contributed by atoms with van der Waals surface area (Å²) in [5.41, 5.74) is 2.59. The van der Waals surface area contributed by atoms with E-state index < -0.39 is 0 Å². The molecule has 0 unspecified atom stereocenters. The zero-order valence-corrected chi connectivity index (χ0v) is 14.5. The number of nitrogens with zero attached hydrogens (tertiary/aromatic N) is 1. The first-order valence-corrected chi connectivity index (χ1v) is 8.73. The number of aryl methyl sites for hydroxylation is 1. The molecule has 0 saturated carbocycles. The normalized spacial score (nSPS) is 20.5. The van der Waals surface area contributed by atoms with Crippen LogP contribution in [0.2, 0.25) is 0 Å². The fourth-order valence-corrected chi connectivity index (χ4v) is 3.70. The van der Waals surface area contributed by atoms with Crippen LogP contribution in [-0.2, 0) is 6.42 Å². The number of aliphatic hydroxyl groups excluding tert-OH is 1. The van der Waals surface area contributed by atoms with Crippen molar-refractivity contribution in [2.75, 3.05) is 19.7 Å². The predicted octanol–water partition coefficient (Wildman–Crippen LogP) is 3.59. The molecule has 4 heteroatoms. The van der Waals surface area contributed by atoms with E-state index in [0.717, 1.165) is 19.3 Å². The molecule has 2 aromatic carbocycles. The molecule has 1 heterocycles. The standard InChI is InChI=1S/C21H24FNO2/c1-16-5-2-3-6-18(16)13-21(15-24)11-4-12-23(14-21)20(25)17-7-9-19(22)10-8-17/h2-3,5-10,24H,4,11-15H2,1H3/t21-/m0/s1. The zero-order valence-electron chi connectivity index (χ0n) is 14.5. The number of amides is 1. The third-order valence-electron chi connectivity index (χ3n) is 5.20. The summed E-state index contributed by atoms with van der Waals surface area (Å²) in [5.74, 6) is -0.443. The summed E-state index contributed by atoms with van der Waals surface area (Å²) < 4.78 is 13.1. The third-order valence-corrected chi connectivity index (χ3v) is 5.20. The van der Waals surface area contributed by atoms with Crippen molar-refractivity contribution >= 4 is 5.91 Å². The van der Waals surface area contributed by atoms with E-state index in [4.69, 9.17) is 0 Å². The average Bonchev–Trinajstić information content (AvgIpc) is 2.64. The number of halogens is 1. The van der Waals surface area contributed by atoms with Gasteiger partial charge in [-0.05, 0) is 61.6 Å². The molecule has 1 aliphatic heterocycles. The molecule has 0 bridgehead atoms. The molecule has 1 amide bonds. The van der Waals surface area contributed by atoms with Gasteiger partial charge in [0.2, 0.25) is 0 Å². The van der Waals surface area contributed by atoms with Gasteiger partial charge in [-0.25, -0.2) is 4.39 Å². The molecule has 0 spiro atoms. The van der Waals surface area contributed by atoms with Gasteiger partial charge < -0.3 is 10.0 Å². The highest BCUT2D eigenvalue weighted by Crippen LogP contribution is 2.34. The SMILES string of the molecule is Cc1ccccc1C[C@@]1(CO)CCCN(C(=O)c2ccc(F)cc2)C1. The van der Waals surface area contributed by atoms with Gasteiger partial charge in [-0.2, -0.15) is 0 Å². The largest absolute Gasteiger partial charge is 0.396 e. The number of benzene rings is 2. The maximum atomic E-state index is 13.1. The van der Waals surface area contributed by atoms with E-state index in [1.165, 1.54) is 35.4 Å². The van der Waals surface area contributed by atoms with Crippen LogP contribution in [0.1, 0.15) is 34.3 Å². The lowest BCUT2D eigenvalue weighted by Gasteiger charge is -2.42. The van der Waals surface area contributed by atoms with Crippen molar-refractivity contribution in [3.63, 3.8) is 0 Å². The second-order valence-corrected chi connectivity index (χ2v) is 7.10. The van der Waals surface area contributed by atoms with Crippen molar-refractivity contribution < 1.29 is 14.3 Å². The second kappa shape index (κ2) is 7.36. The molecule has 3 rings (SSSR count). The summed E-state index contributed by atoms with van der Waals surface area (Å²) in [5, 5.41) is 10.1. The average molecular weight is 341 g/mol. The number of hydrogen-bond donors (Lipinski definition) is 1. The van der Waals surface area contributed by atoms with Crippen LogP contribution in [0.25, 0.3) is 0 Å². The number of aliphatic hydroxyl groups is 1. The summed E-state index contributed by atoms with van der Waals surface area (Å²) in [7, 11) is 0. The van der Waals surface area contributed by atoms with Crippen LogP contribution in [0.15, 0.2) is 48.5 Å². The highest BCUT2D eigenvalue weighted by atomic mass is 19.1. The van der Waals surface area contributed by atoms with Crippen molar-refractivity contribution in [1.29, 1.82) is 0 Å². The van der Waals surface area contributed by atoms with Gasteiger partial charge in [0.05, 0.1) is 6.61 Å². The Labute approximate surface area is 148 Å². The Morgan fingerprint density at radius 2 is 1.92 bits per heavy atom. The Bertz CT molecular complexity index is 744. The molecule has 1 saturated heterocycles. The molecule has 1 N–H and O–H groups in total. The first kappa shape index (κ1) is 17.6. The van der Waals surface area contributed by atoms with E-state index in [0.29, 0.717) is 18.7 Å². The highest BCUT2D eigenvalue weighted by molar-refractivity contribution is 5.94. The minimum absolute atomic E-state index is 0.0501. The molecule has 1 aliphatic rings. The predicted molar refractivity (Wildman–Crippen MR) is 95.9 cm³/mol. The molecule has 2 aromatic rings. The van der Waals surface area contributed by atoms with Crippen molar-refractivity contribution in [2.24, 2.45) is 5.41 Å². The molecule has 1 fully saturated rings. The van der Waals surface area contributed by atoms with Crippen molar-refractivity contribution in [3.05, 3.63) is 71.0 Å². The minimum atomic E-state index is -0.348. The number of likely N-dealkylation sites (tertiary alicyclic amines) is 1. The quantitative estimate of drug-likeness (QED) is 0.923. The van der Waals surface area contributed by atoms with E-state index >= 15 is 0 Å². The van der Waals surface area contributed by atoms with Gasteiger partial charge in [-0.15, -0.1) is 0 Å². The molecule has 0 radical (unpaired) electrons. The maximum Gasteiger partial charge on any atom is 0.253 e. The van der Waals surface area contributed by atoms with Crippen LogP contribution in [0.4, 0.5) is 4.39 Å². The van der Waals surface area contributed by atoms with Crippen LogP contribution in [0, 0.1) is 18.2 Å². The molecule has 1 atom stereocenters. The summed E-state index contributed by atoms with van der Waals surface area (Å²) in [6.45, 7) is 3.32. The van der Waals surface area contributed by atoms with Gasteiger partial charge in [-0.3, -0.25) is 4.79 Å². The minimum Gasteiger partial charge on any atom is -0.396 e. The first-order chi connectivity index (χ1) is 12.0. The summed E-state index contributed by atoms with van der Waals surface area (Å²) >= 11 is 0. The fraction of sp³-hybridized carbons (Fsp3) is 0.381. The van der Waals surface area contributed by atoms with Crippen LogP contribution in [0.5, 0.6) is 0 Å². The van der Waals surface area contributed by atoms with Crippen LogP contribution >= 0.6 is 0 Å². The summed E-state index contributed by atoms with van der Waals surface area (Å²) in [4.78, 5) is 14.6. The maximum absolute atomic E-state index is 13.1. The van der Waals surface area contributed by atoms with E-state index in [1.807, 2.05) is 12.1 Å². The van der Waals surface area contributed by atoms with E-state index in [1.54, 1.807) is 4.90 Å². The van der Waals surface area contributed by atoms with Gasteiger partial charge in [-0.1, -0.05) is 24.3 Å². The molecule has 0 aromatic heterocycles. The van der Waals surface area contributed by atoms with E-state index in [-0.39, 0.29) is 23.7 Å². The molecule has 0 aliphatic carbocycles. The monoisotopic (exact) mass is 341 g/mol. The van der Waals surface area contributed by atoms with E-state index in [9.17, 15) is 14.3 Å². The lowest BCUT2D eigenvalue weighted by Crippen LogP contribution is -2.49. The van der Waals surface area contributed by atoms with E-state index in [2.05, 4.69) is 19.1 Å². The zero-order chi connectivity index (χ0) is 17.9. The molecule has 132 valence electrons. The van der Waals surface area contributed by atoms with Gasteiger partial charge in [0.25, 0.3) is 5.91 Å². The molecule has 3 nitrogen and oxygen atoms in total. The Balaban J connectivity index is 1.79. The van der Waals surface area contributed by atoms with Crippen LogP contribution in [0.3, 0.4) is 0 Å². The topological polar surface area (TPSA) is 40.5 Å². The van der Waals surface area contributed by atoms with Crippen LogP contribution < -0.4 is 0 Å². The first-order valence-electron chi connectivity index (χ1n) is 8.73. The Morgan fingerprint density at radius 1 is 1.20 bits per heavy atom. The van der Waals surface area contributed by atoms with Gasteiger partial charge in [0.15, 0.2) is 0 Å². The van der Waals surface area contributed by atoms with Gasteiger partial charge in [0, 0.05) is 24.1 Å². The number of rotatable bonds is 4. The van der Waals surface area contributed by atoms with Crippen molar-refractivity contribution in [2.45, 2.75) is 26.2 Å². The van der Waals surface area contributed by atoms with Crippen LogP contribution in [-0.4, -0.2) is 35.6 Å². The molecular formula is C21H24FNO2. The smallest absolute Gasteiger partial charge is 0.253 e. The number of carbonyl (C=O) groups is 1. The molecule has 25 heavy (non-hydrogen) atoms. The summed E-state index contributed by atoms with van der Waals surface area (Å²) in [6.07, 6.45) is 2.51. The molecular weight excluding hydrogens is 317 g/mol. The number of hydrogen-bond acceptors (Lipinski definition) is 2. The number of piperidine rings is 1. The van der Waals surface area contributed by atoms with Crippen molar-refractivity contribution in [3.8, 4) is 0 Å². The Morgan fingerprint density at radius 3 is 2.60 bits per heavy atom. The second-order valence-electron chi connectivity index (χ2n) is 7.10. The van der Waals surface area contributed by atoms with Gasteiger partial charge >= 0.3 is 0 Å². The fourth-order valence-electron chi connectivity index (χ4n) is 3.70.